The van der Waals surface area contributed by atoms with Crippen LogP contribution in [0.1, 0.15) is 200 Å². The molecule has 1 nitrogen and oxygen atoms in total. The van der Waals surface area contributed by atoms with Gasteiger partial charge in [-0.15, -0.1) is 0 Å². The van der Waals surface area contributed by atoms with Crippen LogP contribution in [0.4, 0.5) is 0 Å². The maximum absolute atomic E-state index is 9.17. The van der Waals surface area contributed by atoms with Crippen LogP contribution in [0.15, 0.2) is 0 Å². The molecule has 0 saturated heterocycles. The van der Waals surface area contributed by atoms with Crippen LogP contribution in [0.3, 0.4) is 0 Å². The molecule has 0 aliphatic carbocycles. The van der Waals surface area contributed by atoms with Crippen LogP contribution in [0, 0.1) is 6.10 Å². The van der Waals surface area contributed by atoms with Crippen LogP contribution >= 0.6 is 0 Å². The Balaban J connectivity index is 3.00. The van der Waals surface area contributed by atoms with E-state index in [1.54, 1.807) is 0 Å². The number of unbranched alkanes of at least 4 members (excludes halogenated alkanes) is 27. The van der Waals surface area contributed by atoms with E-state index in [1.165, 1.54) is 180 Å². The first-order valence-corrected chi connectivity index (χ1v) is 15.8. The van der Waals surface area contributed by atoms with E-state index < -0.39 is 0 Å². The van der Waals surface area contributed by atoms with Crippen molar-refractivity contribution < 1.29 is 5.11 Å². The van der Waals surface area contributed by atoms with Crippen molar-refractivity contribution in [3.8, 4) is 0 Å². The number of rotatable bonds is 29. The largest absolute Gasteiger partial charge is 0.387 e. The quantitative estimate of drug-likeness (QED) is 0.109. The van der Waals surface area contributed by atoms with Gasteiger partial charge in [0.15, 0.2) is 0 Å². The molecule has 0 rings (SSSR count). The molecule has 1 N–H and O–H groups in total. The van der Waals surface area contributed by atoms with E-state index in [0.29, 0.717) is 6.10 Å². The van der Waals surface area contributed by atoms with Gasteiger partial charge in [0.2, 0.25) is 0 Å². The molecule has 0 heterocycles. The summed E-state index contributed by atoms with van der Waals surface area (Å²) in [5, 5.41) is 9.17. The number of aliphatic hydroxyl groups is 1. The van der Waals surface area contributed by atoms with Gasteiger partial charge in [0.1, 0.15) is 0 Å². The summed E-state index contributed by atoms with van der Waals surface area (Å²) in [5.74, 6) is 0. The molecule has 199 valence electrons. The standard InChI is InChI=1S/C32H65O/c1-3-4-5-6-7-8-9-10-11-12-13-14-15-16-17-18-19-20-21-22-23-24-25-26-27-28-29-30-31-32(2)33/h33H,3-31H2,1-2H3. The molecular formula is C32H65O. The Morgan fingerprint density at radius 3 is 0.697 bits per heavy atom. The molecule has 0 spiro atoms. The molecule has 0 bridgehead atoms. The Morgan fingerprint density at radius 1 is 0.333 bits per heavy atom. The molecule has 0 saturated carbocycles. The molecule has 0 aliphatic rings. The lowest BCUT2D eigenvalue weighted by atomic mass is 10.0. The lowest BCUT2D eigenvalue weighted by molar-refractivity contribution is 0.290. The Morgan fingerprint density at radius 2 is 0.515 bits per heavy atom. The third-order valence-electron chi connectivity index (χ3n) is 7.39. The van der Waals surface area contributed by atoms with Gasteiger partial charge in [-0.25, -0.2) is 0 Å². The third-order valence-corrected chi connectivity index (χ3v) is 7.39. The second-order valence-electron chi connectivity index (χ2n) is 11.0. The second kappa shape index (κ2) is 30.0. The monoisotopic (exact) mass is 466 g/mol. The Kier molecular flexibility index (Phi) is 30.0. The normalized spacial score (nSPS) is 11.6. The minimum Gasteiger partial charge on any atom is -0.387 e. The van der Waals surface area contributed by atoms with Crippen molar-refractivity contribution in [1.82, 2.24) is 0 Å². The fourth-order valence-corrected chi connectivity index (χ4v) is 5.05. The topological polar surface area (TPSA) is 20.2 Å². The van der Waals surface area contributed by atoms with Gasteiger partial charge >= 0.3 is 0 Å². The van der Waals surface area contributed by atoms with E-state index in [4.69, 9.17) is 5.11 Å². The molecule has 0 atom stereocenters. The molecule has 0 aromatic heterocycles. The van der Waals surface area contributed by atoms with Crippen LogP contribution < -0.4 is 0 Å². The van der Waals surface area contributed by atoms with Crippen LogP contribution in [0.2, 0.25) is 0 Å². The number of hydrogen-bond donors (Lipinski definition) is 1. The average molecular weight is 466 g/mol. The molecular weight excluding hydrogens is 400 g/mol. The van der Waals surface area contributed by atoms with Gasteiger partial charge in [-0.05, 0) is 13.3 Å². The van der Waals surface area contributed by atoms with Crippen molar-refractivity contribution in [1.29, 1.82) is 0 Å². The highest BCUT2D eigenvalue weighted by Gasteiger charge is 1.98. The predicted molar refractivity (Wildman–Crippen MR) is 150 cm³/mol. The minimum absolute atomic E-state index is 0.602. The summed E-state index contributed by atoms with van der Waals surface area (Å²) in [6.07, 6.45) is 41.9. The van der Waals surface area contributed by atoms with E-state index in [2.05, 4.69) is 6.92 Å². The molecule has 0 aromatic carbocycles. The third kappa shape index (κ3) is 32.0. The van der Waals surface area contributed by atoms with Crippen LogP contribution in [0.5, 0.6) is 0 Å². The summed E-state index contributed by atoms with van der Waals surface area (Å²) < 4.78 is 0. The molecule has 1 radical (unpaired) electrons. The van der Waals surface area contributed by atoms with E-state index in [-0.39, 0.29) is 0 Å². The summed E-state index contributed by atoms with van der Waals surface area (Å²) in [5.41, 5.74) is 0. The highest BCUT2D eigenvalue weighted by molar-refractivity contribution is 4.66. The van der Waals surface area contributed by atoms with E-state index in [9.17, 15) is 0 Å². The van der Waals surface area contributed by atoms with E-state index in [1.807, 2.05) is 6.92 Å². The zero-order valence-electron chi connectivity index (χ0n) is 23.5. The van der Waals surface area contributed by atoms with Crippen molar-refractivity contribution in [2.75, 3.05) is 0 Å². The minimum atomic E-state index is 0.602. The summed E-state index contributed by atoms with van der Waals surface area (Å²) >= 11 is 0. The highest BCUT2D eigenvalue weighted by atomic mass is 16.3. The molecule has 1 heteroatoms. The van der Waals surface area contributed by atoms with Gasteiger partial charge in [0.05, 0.1) is 6.10 Å². The Bertz CT molecular complexity index is 324. The SMILES string of the molecule is CCCCCCCCCCCCCCCCCCCCCCCCCCCCCC[C](C)O. The summed E-state index contributed by atoms with van der Waals surface area (Å²) in [6, 6.07) is 0. The first-order chi connectivity index (χ1) is 16.3. The molecule has 0 fully saturated rings. The Labute approximate surface area is 211 Å². The zero-order chi connectivity index (χ0) is 24.1. The maximum Gasteiger partial charge on any atom is 0.0902 e. The van der Waals surface area contributed by atoms with Crippen molar-refractivity contribution in [2.45, 2.75) is 200 Å². The molecule has 0 amide bonds. The first-order valence-electron chi connectivity index (χ1n) is 15.8. The van der Waals surface area contributed by atoms with Gasteiger partial charge in [0.25, 0.3) is 0 Å². The van der Waals surface area contributed by atoms with Crippen molar-refractivity contribution in [3.63, 3.8) is 0 Å². The second-order valence-corrected chi connectivity index (χ2v) is 11.0. The molecule has 0 aromatic rings. The van der Waals surface area contributed by atoms with Gasteiger partial charge < -0.3 is 5.11 Å². The van der Waals surface area contributed by atoms with Crippen LogP contribution in [-0.4, -0.2) is 5.11 Å². The van der Waals surface area contributed by atoms with Crippen LogP contribution in [-0.2, 0) is 0 Å². The summed E-state index contributed by atoms with van der Waals surface area (Å²) in [7, 11) is 0. The maximum atomic E-state index is 9.17. The smallest absolute Gasteiger partial charge is 0.0902 e. The Hall–Kier alpha value is -0.0400. The predicted octanol–water partition coefficient (Wildman–Crippen LogP) is 12.2. The van der Waals surface area contributed by atoms with E-state index >= 15 is 0 Å². The van der Waals surface area contributed by atoms with Crippen molar-refractivity contribution in [3.05, 3.63) is 6.10 Å². The van der Waals surface area contributed by atoms with Gasteiger partial charge in [-0.1, -0.05) is 187 Å². The summed E-state index contributed by atoms with van der Waals surface area (Å²) in [6.45, 7) is 4.12. The van der Waals surface area contributed by atoms with Crippen LogP contribution in [0.25, 0.3) is 0 Å². The average Bonchev–Trinajstić information content (AvgIpc) is 2.80. The first kappa shape index (κ1) is 33.0. The van der Waals surface area contributed by atoms with Gasteiger partial charge in [-0.3, -0.25) is 0 Å². The fourth-order valence-electron chi connectivity index (χ4n) is 5.05. The number of aliphatic hydroxyl groups excluding tert-OH is 1. The van der Waals surface area contributed by atoms with E-state index in [0.717, 1.165) is 6.42 Å². The summed E-state index contributed by atoms with van der Waals surface area (Å²) in [4.78, 5) is 0. The van der Waals surface area contributed by atoms with Gasteiger partial charge in [-0.2, -0.15) is 0 Å². The fraction of sp³-hybridized carbons (Fsp3) is 0.969. The molecule has 0 unspecified atom stereocenters. The van der Waals surface area contributed by atoms with Gasteiger partial charge in [0, 0.05) is 0 Å². The lowest BCUT2D eigenvalue weighted by Crippen LogP contribution is -1.88. The number of hydrogen-bond acceptors (Lipinski definition) is 1. The zero-order valence-corrected chi connectivity index (χ0v) is 23.5. The molecule has 33 heavy (non-hydrogen) atoms. The lowest BCUT2D eigenvalue weighted by Gasteiger charge is -2.05. The highest BCUT2D eigenvalue weighted by Crippen LogP contribution is 2.16. The molecule has 0 aliphatic heterocycles. The van der Waals surface area contributed by atoms with Crippen molar-refractivity contribution >= 4 is 0 Å². The van der Waals surface area contributed by atoms with Crippen molar-refractivity contribution in [2.24, 2.45) is 0 Å².